The number of carbonyl (C=O) groups is 2. The van der Waals surface area contributed by atoms with Crippen LogP contribution in [0.3, 0.4) is 0 Å². The fourth-order valence-electron chi connectivity index (χ4n) is 7.75. The molecule has 18 atom stereocenters. The summed E-state index contributed by atoms with van der Waals surface area (Å²) in [6.45, 7) is 16.5. The number of likely N-dealkylation sites (N-methyl/N-ethyl adjacent to an activating group) is 1. The third-order valence-electron chi connectivity index (χ3n) is 11.2. The monoisotopic (exact) mass is 689 g/mol. The van der Waals surface area contributed by atoms with Crippen molar-refractivity contribution in [3.63, 3.8) is 0 Å². The molecule has 13 heteroatoms. The smallest absolute Gasteiger partial charge is 0.311 e. The van der Waals surface area contributed by atoms with Gasteiger partial charge >= 0.3 is 5.97 Å². The number of carbonyl (C=O) groups excluding carboxylic acids is 2. The van der Waals surface area contributed by atoms with Crippen molar-refractivity contribution in [2.24, 2.45) is 29.6 Å². The average Bonchev–Trinajstić information content (AvgIpc) is 2.99. The number of aliphatic hydroxyl groups excluding tert-OH is 3. The second-order valence-electron chi connectivity index (χ2n) is 15.8. The van der Waals surface area contributed by atoms with Crippen LogP contribution in [0, 0.1) is 29.6 Å². The summed E-state index contributed by atoms with van der Waals surface area (Å²) in [5.41, 5.74) is -3.48. The lowest BCUT2D eigenvalue weighted by atomic mass is 9.76. The van der Waals surface area contributed by atoms with Crippen LogP contribution in [0.4, 0.5) is 0 Å². The molecular weight excluding hydrogens is 626 g/mol. The number of hydrogen-bond acceptors (Lipinski definition) is 13. The van der Waals surface area contributed by atoms with Gasteiger partial charge in [0.05, 0.1) is 42.0 Å². The SMILES string of the molecule is C[C@@H]1C[C@H](N(C)C)[C@@H](O)[C@H](OC2[C@@H](C)[C@H](O[C@H]3C[C@@](C)(O)[C@@H](O)[C@H](C)O3)[C@@H](C)C(=O)O[C@H](C)[C@@](C)(O)[C@H](O)[C@@H](C)C(=O)[C@H](C)C[C@@H]2C)O1. The van der Waals surface area contributed by atoms with Crippen molar-refractivity contribution in [2.45, 2.75) is 167 Å². The number of ether oxygens (including phenoxy) is 5. The van der Waals surface area contributed by atoms with Crippen molar-refractivity contribution in [3.8, 4) is 0 Å². The Morgan fingerprint density at radius 1 is 0.812 bits per heavy atom. The molecule has 48 heavy (non-hydrogen) atoms. The van der Waals surface area contributed by atoms with E-state index in [-0.39, 0.29) is 30.3 Å². The van der Waals surface area contributed by atoms with E-state index >= 15 is 0 Å². The Labute approximate surface area is 286 Å². The Morgan fingerprint density at radius 3 is 1.98 bits per heavy atom. The fraction of sp³-hybridized carbons (Fsp3) is 0.943. The van der Waals surface area contributed by atoms with Crippen molar-refractivity contribution < 1.29 is 58.8 Å². The zero-order valence-corrected chi connectivity index (χ0v) is 30.9. The third kappa shape index (κ3) is 8.96. The van der Waals surface area contributed by atoms with E-state index < -0.39 is 96.2 Å². The van der Waals surface area contributed by atoms with Crippen LogP contribution in [0.1, 0.15) is 88.5 Å². The molecule has 3 fully saturated rings. The van der Waals surface area contributed by atoms with Crippen LogP contribution in [0.25, 0.3) is 0 Å². The highest BCUT2D eigenvalue weighted by Crippen LogP contribution is 2.38. The predicted octanol–water partition coefficient (Wildman–Crippen LogP) is 1.63. The highest BCUT2D eigenvalue weighted by molar-refractivity contribution is 5.83. The van der Waals surface area contributed by atoms with Gasteiger partial charge in [0.2, 0.25) is 0 Å². The molecule has 0 aromatic carbocycles. The summed E-state index contributed by atoms with van der Waals surface area (Å²) >= 11 is 0. The van der Waals surface area contributed by atoms with Crippen molar-refractivity contribution in [3.05, 3.63) is 0 Å². The number of Topliss-reactive ketones (excluding diaryl/α,β-unsaturated/α-hetero) is 1. The van der Waals surface area contributed by atoms with Gasteiger partial charge in [-0.05, 0) is 74.4 Å². The molecule has 0 aromatic rings. The first-order valence-corrected chi connectivity index (χ1v) is 17.5. The van der Waals surface area contributed by atoms with E-state index in [2.05, 4.69) is 0 Å². The number of cyclic esters (lactones) is 1. The number of ketones is 1. The topological polar surface area (TPSA) is 185 Å². The summed E-state index contributed by atoms with van der Waals surface area (Å²) < 4.78 is 31.1. The van der Waals surface area contributed by atoms with Gasteiger partial charge in [0.15, 0.2) is 12.6 Å². The second kappa shape index (κ2) is 16.0. The zero-order chi connectivity index (χ0) is 36.6. The predicted molar refractivity (Wildman–Crippen MR) is 175 cm³/mol. The molecule has 3 rings (SSSR count). The summed E-state index contributed by atoms with van der Waals surface area (Å²) in [6, 6.07) is -0.244. The summed E-state index contributed by atoms with van der Waals surface area (Å²) in [5, 5.41) is 55.4. The molecule has 0 saturated carbocycles. The molecule has 3 aliphatic rings. The number of rotatable bonds is 5. The Bertz CT molecular complexity index is 1090. The van der Waals surface area contributed by atoms with Gasteiger partial charge < -0.3 is 54.1 Å². The third-order valence-corrected chi connectivity index (χ3v) is 11.2. The van der Waals surface area contributed by atoms with Gasteiger partial charge in [0.1, 0.15) is 29.7 Å². The van der Waals surface area contributed by atoms with Crippen LogP contribution in [0.2, 0.25) is 0 Å². The molecule has 0 amide bonds. The minimum Gasteiger partial charge on any atom is -0.459 e. The second-order valence-corrected chi connectivity index (χ2v) is 15.8. The Balaban J connectivity index is 2.10. The molecule has 0 bridgehead atoms. The van der Waals surface area contributed by atoms with Gasteiger partial charge in [0, 0.05) is 30.2 Å². The lowest BCUT2D eigenvalue weighted by molar-refractivity contribution is -0.306. The van der Waals surface area contributed by atoms with Gasteiger partial charge in [-0.15, -0.1) is 0 Å². The van der Waals surface area contributed by atoms with E-state index in [9.17, 15) is 35.1 Å². The average molecular weight is 690 g/mol. The Kier molecular flexibility index (Phi) is 13.7. The number of esters is 1. The van der Waals surface area contributed by atoms with Crippen molar-refractivity contribution in [2.75, 3.05) is 14.1 Å². The van der Waals surface area contributed by atoms with Crippen LogP contribution in [0.5, 0.6) is 0 Å². The maximum absolute atomic E-state index is 13.8. The minimum absolute atomic E-state index is 0.0855. The molecule has 0 aliphatic carbocycles. The molecule has 0 aromatic heterocycles. The maximum Gasteiger partial charge on any atom is 0.311 e. The zero-order valence-electron chi connectivity index (χ0n) is 30.9. The van der Waals surface area contributed by atoms with Gasteiger partial charge in [-0.1, -0.05) is 27.7 Å². The van der Waals surface area contributed by atoms with Crippen molar-refractivity contribution >= 4 is 11.8 Å². The van der Waals surface area contributed by atoms with Gasteiger partial charge in [-0.2, -0.15) is 0 Å². The van der Waals surface area contributed by atoms with Gasteiger partial charge in [0.25, 0.3) is 0 Å². The van der Waals surface area contributed by atoms with Gasteiger partial charge in [-0.3, -0.25) is 9.59 Å². The van der Waals surface area contributed by atoms with E-state index in [4.69, 9.17) is 23.7 Å². The van der Waals surface area contributed by atoms with E-state index in [0.29, 0.717) is 12.8 Å². The highest BCUT2D eigenvalue weighted by atomic mass is 16.7. The quantitative estimate of drug-likeness (QED) is 0.263. The molecule has 3 heterocycles. The summed E-state index contributed by atoms with van der Waals surface area (Å²) in [6.07, 6.45) is -8.80. The molecular formula is C35H63NO12. The molecule has 3 aliphatic heterocycles. The number of aliphatic hydroxyl groups is 5. The van der Waals surface area contributed by atoms with Crippen LogP contribution in [-0.2, 0) is 33.3 Å². The van der Waals surface area contributed by atoms with E-state index in [1.165, 1.54) is 20.8 Å². The molecule has 0 spiro atoms. The number of nitrogens with zero attached hydrogens (tertiary/aromatic N) is 1. The largest absolute Gasteiger partial charge is 0.459 e. The molecule has 280 valence electrons. The van der Waals surface area contributed by atoms with Crippen LogP contribution in [0.15, 0.2) is 0 Å². The first-order valence-electron chi connectivity index (χ1n) is 17.5. The molecule has 1 unspecified atom stereocenters. The highest BCUT2D eigenvalue weighted by Gasteiger charge is 2.50. The summed E-state index contributed by atoms with van der Waals surface area (Å²) in [4.78, 5) is 29.4. The summed E-state index contributed by atoms with van der Waals surface area (Å²) in [5.74, 6) is -4.45. The maximum atomic E-state index is 13.8. The van der Waals surface area contributed by atoms with E-state index in [1.807, 2.05) is 39.8 Å². The van der Waals surface area contributed by atoms with Crippen molar-refractivity contribution in [1.82, 2.24) is 4.90 Å². The lowest BCUT2D eigenvalue weighted by Gasteiger charge is -2.47. The molecule has 0 radical (unpaired) electrons. The van der Waals surface area contributed by atoms with Crippen LogP contribution < -0.4 is 0 Å². The number of hydrogen-bond donors (Lipinski definition) is 5. The molecule has 3 saturated heterocycles. The Morgan fingerprint density at radius 2 is 1.42 bits per heavy atom. The van der Waals surface area contributed by atoms with Gasteiger partial charge in [-0.25, -0.2) is 0 Å². The fourth-order valence-corrected chi connectivity index (χ4v) is 7.75. The van der Waals surface area contributed by atoms with E-state index in [0.717, 1.165) is 0 Å². The van der Waals surface area contributed by atoms with E-state index in [1.54, 1.807) is 27.7 Å². The van der Waals surface area contributed by atoms with Crippen molar-refractivity contribution in [1.29, 1.82) is 0 Å². The molecule has 13 nitrogen and oxygen atoms in total. The first kappa shape index (κ1) is 41.2. The Hall–Kier alpha value is -1.26. The van der Waals surface area contributed by atoms with Crippen LogP contribution in [-0.4, -0.2) is 135 Å². The lowest BCUT2D eigenvalue weighted by Crippen LogP contribution is -2.58. The molecule has 5 N–H and O–H groups in total. The normalized spacial score (nSPS) is 50.5. The standard InChI is InChI=1S/C35H63NO12/c1-16-13-17(2)28(48-33-27(38)24(36(11)12)14-18(3)44-33)20(5)29(47-25-15-34(9,42)31(40)22(7)45-25)21(6)32(41)46-23(8)35(10,43)30(39)19(4)26(16)37/h16-25,27-31,33,38-40,42-43H,13-15H2,1-12H3/t16-,17+,18-,19+,20-,21-,22+,23-,24+,25+,27-,28?,29+,30-,31+,33+,34-,35-/m1/s1. The minimum atomic E-state index is -1.95. The first-order chi connectivity index (χ1) is 22.0. The summed E-state index contributed by atoms with van der Waals surface area (Å²) in [7, 11) is 3.76. The van der Waals surface area contributed by atoms with Crippen LogP contribution >= 0.6 is 0 Å².